The molecule has 0 aromatic heterocycles. The molecule has 0 aliphatic carbocycles. The van der Waals surface area contributed by atoms with E-state index in [0.29, 0.717) is 13.2 Å². The highest BCUT2D eigenvalue weighted by Gasteiger charge is 2.25. The van der Waals surface area contributed by atoms with Gasteiger partial charge in [0.1, 0.15) is 24.7 Å². The minimum atomic E-state index is 0.243. The van der Waals surface area contributed by atoms with Crippen LogP contribution in [0.25, 0.3) is 0 Å². The van der Waals surface area contributed by atoms with Gasteiger partial charge >= 0.3 is 0 Å². The Morgan fingerprint density at radius 3 is 2.33 bits per heavy atom. The molecule has 0 radical (unpaired) electrons. The molecule has 27 heavy (non-hydrogen) atoms. The van der Waals surface area contributed by atoms with E-state index in [4.69, 9.17) is 19.9 Å². The summed E-state index contributed by atoms with van der Waals surface area (Å²) in [5.74, 6) is 1.73. The highest BCUT2D eigenvalue weighted by Crippen LogP contribution is 2.25. The number of nitrogens with one attached hydrogen (secondary N) is 2. The predicted octanol–water partition coefficient (Wildman–Crippen LogP) is 2.81. The lowest BCUT2D eigenvalue weighted by Crippen LogP contribution is -2.34. The van der Waals surface area contributed by atoms with Crippen molar-refractivity contribution in [1.29, 1.82) is 0 Å². The largest absolute Gasteiger partial charge is 0.492 e. The Morgan fingerprint density at radius 2 is 1.63 bits per heavy atom. The van der Waals surface area contributed by atoms with Crippen molar-refractivity contribution in [1.82, 2.24) is 10.9 Å². The normalized spacial score (nSPS) is 24.8. The van der Waals surface area contributed by atoms with E-state index >= 15 is 0 Å². The SMILES string of the molecule is Nc1ccc(OCC2CC(c3ccc(OCC4CCCO4)cc3)NN2)cc1. The smallest absolute Gasteiger partial charge is 0.119 e. The molecule has 2 fully saturated rings. The summed E-state index contributed by atoms with van der Waals surface area (Å²) >= 11 is 0. The monoisotopic (exact) mass is 369 g/mol. The molecule has 3 atom stereocenters. The second kappa shape index (κ2) is 8.61. The number of benzene rings is 2. The highest BCUT2D eigenvalue weighted by molar-refractivity contribution is 5.41. The molecule has 0 amide bonds. The maximum absolute atomic E-state index is 5.84. The number of hydrogen-bond donors (Lipinski definition) is 3. The maximum atomic E-state index is 5.84. The summed E-state index contributed by atoms with van der Waals surface area (Å²) in [5, 5.41) is 0. The van der Waals surface area contributed by atoms with Crippen molar-refractivity contribution in [2.24, 2.45) is 0 Å². The van der Waals surface area contributed by atoms with Crippen LogP contribution in [-0.4, -0.2) is 32.0 Å². The number of rotatable bonds is 7. The summed E-state index contributed by atoms with van der Waals surface area (Å²) in [6.07, 6.45) is 3.43. The molecular weight excluding hydrogens is 342 g/mol. The van der Waals surface area contributed by atoms with Gasteiger partial charge < -0.3 is 19.9 Å². The van der Waals surface area contributed by atoms with Crippen molar-refractivity contribution in [2.75, 3.05) is 25.6 Å². The molecule has 2 saturated heterocycles. The third-order valence-electron chi connectivity index (χ3n) is 5.06. The Labute approximate surface area is 160 Å². The fourth-order valence-corrected chi connectivity index (χ4v) is 3.47. The average Bonchev–Trinajstić information content (AvgIpc) is 3.38. The summed E-state index contributed by atoms with van der Waals surface area (Å²) in [6, 6.07) is 16.3. The van der Waals surface area contributed by atoms with E-state index in [9.17, 15) is 0 Å². The molecule has 4 N–H and O–H groups in total. The Morgan fingerprint density at radius 1 is 0.926 bits per heavy atom. The van der Waals surface area contributed by atoms with Crippen LogP contribution in [0.4, 0.5) is 5.69 Å². The molecular formula is C21H27N3O3. The summed E-state index contributed by atoms with van der Waals surface area (Å²) < 4.78 is 17.3. The van der Waals surface area contributed by atoms with Crippen molar-refractivity contribution in [2.45, 2.75) is 37.5 Å². The quantitative estimate of drug-likeness (QED) is 0.652. The van der Waals surface area contributed by atoms with Crippen LogP contribution in [0.5, 0.6) is 11.5 Å². The van der Waals surface area contributed by atoms with Gasteiger partial charge in [-0.05, 0) is 61.2 Å². The van der Waals surface area contributed by atoms with Crippen LogP contribution in [0.2, 0.25) is 0 Å². The van der Waals surface area contributed by atoms with Crippen LogP contribution in [-0.2, 0) is 4.74 Å². The Hall–Kier alpha value is -2.28. The summed E-state index contributed by atoms with van der Waals surface area (Å²) in [5.41, 5.74) is 14.3. The number of hydrogen-bond acceptors (Lipinski definition) is 6. The van der Waals surface area contributed by atoms with Gasteiger partial charge in [-0.25, -0.2) is 5.43 Å². The first-order valence-electron chi connectivity index (χ1n) is 9.60. The van der Waals surface area contributed by atoms with Gasteiger partial charge in [0, 0.05) is 18.3 Å². The molecule has 6 nitrogen and oxygen atoms in total. The van der Waals surface area contributed by atoms with Crippen molar-refractivity contribution in [3.8, 4) is 11.5 Å². The zero-order valence-corrected chi connectivity index (χ0v) is 15.4. The van der Waals surface area contributed by atoms with E-state index in [0.717, 1.165) is 43.1 Å². The van der Waals surface area contributed by atoms with Crippen LogP contribution in [0, 0.1) is 0 Å². The molecule has 144 valence electrons. The molecule has 3 unspecified atom stereocenters. The summed E-state index contributed by atoms with van der Waals surface area (Å²) in [6.45, 7) is 2.10. The number of anilines is 1. The Kier molecular flexibility index (Phi) is 5.77. The summed E-state index contributed by atoms with van der Waals surface area (Å²) in [4.78, 5) is 0. The van der Waals surface area contributed by atoms with Crippen LogP contribution >= 0.6 is 0 Å². The molecule has 2 aliphatic heterocycles. The molecule has 0 bridgehead atoms. The van der Waals surface area contributed by atoms with E-state index in [-0.39, 0.29) is 18.2 Å². The van der Waals surface area contributed by atoms with Crippen LogP contribution < -0.4 is 26.1 Å². The third kappa shape index (κ3) is 4.91. The molecule has 2 aromatic carbocycles. The minimum absolute atomic E-state index is 0.243. The number of nitrogens with two attached hydrogens (primary N) is 1. The predicted molar refractivity (Wildman–Crippen MR) is 105 cm³/mol. The number of hydrazine groups is 1. The van der Waals surface area contributed by atoms with E-state index in [1.54, 1.807) is 0 Å². The first kappa shape index (κ1) is 18.1. The topological polar surface area (TPSA) is 77.8 Å². The zero-order chi connectivity index (χ0) is 18.5. The zero-order valence-electron chi connectivity index (χ0n) is 15.4. The number of nitrogen functional groups attached to an aromatic ring is 1. The van der Waals surface area contributed by atoms with Gasteiger partial charge in [-0.15, -0.1) is 0 Å². The molecule has 4 rings (SSSR count). The summed E-state index contributed by atoms with van der Waals surface area (Å²) in [7, 11) is 0. The highest BCUT2D eigenvalue weighted by atomic mass is 16.5. The van der Waals surface area contributed by atoms with Crippen molar-refractivity contribution < 1.29 is 14.2 Å². The standard InChI is InChI=1S/C21H27N3O3/c22-16-5-9-19(10-6-16)26-13-17-12-21(24-23-17)15-3-7-18(8-4-15)27-14-20-2-1-11-25-20/h3-10,17,20-21,23-24H,1-2,11-14,22H2. The first-order valence-corrected chi connectivity index (χ1v) is 9.60. The van der Waals surface area contributed by atoms with E-state index in [2.05, 4.69) is 23.0 Å². The second-order valence-electron chi connectivity index (χ2n) is 7.17. The molecule has 6 heteroatoms. The number of ether oxygens (including phenoxy) is 3. The van der Waals surface area contributed by atoms with Gasteiger partial charge in [-0.1, -0.05) is 12.1 Å². The maximum Gasteiger partial charge on any atom is 0.119 e. The van der Waals surface area contributed by atoms with Crippen LogP contribution in [0.1, 0.15) is 30.9 Å². The molecule has 2 aromatic rings. The van der Waals surface area contributed by atoms with Crippen molar-refractivity contribution in [3.63, 3.8) is 0 Å². The lowest BCUT2D eigenvalue weighted by atomic mass is 10.0. The lowest BCUT2D eigenvalue weighted by Gasteiger charge is -2.14. The Balaban J connectivity index is 1.23. The van der Waals surface area contributed by atoms with Gasteiger partial charge in [-0.2, -0.15) is 0 Å². The molecule has 0 spiro atoms. The van der Waals surface area contributed by atoms with Gasteiger partial charge in [0.2, 0.25) is 0 Å². The Bertz CT molecular complexity index is 714. The molecule has 0 saturated carbocycles. The second-order valence-corrected chi connectivity index (χ2v) is 7.17. The first-order chi connectivity index (χ1) is 13.3. The van der Waals surface area contributed by atoms with Gasteiger partial charge in [0.15, 0.2) is 0 Å². The van der Waals surface area contributed by atoms with Crippen LogP contribution in [0.3, 0.4) is 0 Å². The van der Waals surface area contributed by atoms with E-state index in [1.807, 2.05) is 36.4 Å². The molecule has 2 heterocycles. The minimum Gasteiger partial charge on any atom is -0.492 e. The lowest BCUT2D eigenvalue weighted by molar-refractivity contribution is 0.0679. The average molecular weight is 369 g/mol. The third-order valence-corrected chi connectivity index (χ3v) is 5.06. The van der Waals surface area contributed by atoms with E-state index in [1.165, 1.54) is 5.56 Å². The van der Waals surface area contributed by atoms with E-state index < -0.39 is 0 Å². The van der Waals surface area contributed by atoms with Crippen LogP contribution in [0.15, 0.2) is 48.5 Å². The fourth-order valence-electron chi connectivity index (χ4n) is 3.47. The van der Waals surface area contributed by atoms with Gasteiger partial charge in [-0.3, -0.25) is 5.43 Å². The van der Waals surface area contributed by atoms with Crippen molar-refractivity contribution in [3.05, 3.63) is 54.1 Å². The van der Waals surface area contributed by atoms with Gasteiger partial charge in [0.25, 0.3) is 0 Å². The fraction of sp³-hybridized carbons (Fsp3) is 0.429. The molecule has 2 aliphatic rings. The van der Waals surface area contributed by atoms with Gasteiger partial charge in [0.05, 0.1) is 12.1 Å². The van der Waals surface area contributed by atoms with Crippen molar-refractivity contribution >= 4 is 5.69 Å².